The lowest BCUT2D eigenvalue weighted by Gasteiger charge is -2.29. The van der Waals surface area contributed by atoms with Gasteiger partial charge < -0.3 is 15.0 Å². The van der Waals surface area contributed by atoms with E-state index in [4.69, 9.17) is 4.74 Å². The molecule has 5 nitrogen and oxygen atoms in total. The largest absolute Gasteiger partial charge is 0.490 e. The molecule has 0 spiro atoms. The van der Waals surface area contributed by atoms with Crippen LogP contribution in [0.4, 0.5) is 0 Å². The third kappa shape index (κ3) is 3.10. The molecule has 0 bridgehead atoms. The fraction of sp³-hybridized carbons (Fsp3) is 0.333. The lowest BCUT2D eigenvalue weighted by atomic mass is 9.95. The van der Waals surface area contributed by atoms with Gasteiger partial charge in [-0.25, -0.2) is 4.98 Å². The molecule has 0 radical (unpaired) electrons. The average molecular weight is 349 g/mol. The zero-order valence-corrected chi connectivity index (χ0v) is 14.9. The van der Waals surface area contributed by atoms with Crippen LogP contribution in [0.5, 0.6) is 5.75 Å². The van der Waals surface area contributed by atoms with Crippen molar-refractivity contribution in [1.82, 2.24) is 15.3 Å². The molecule has 0 amide bonds. The smallest absolute Gasteiger partial charge is 0.293 e. The number of hydrogen-bond acceptors (Lipinski definition) is 4. The van der Waals surface area contributed by atoms with Crippen LogP contribution in [-0.4, -0.2) is 17.1 Å². The van der Waals surface area contributed by atoms with Crippen LogP contribution >= 0.6 is 0 Å². The number of fused-ring (bicyclic) bond motifs is 1. The summed E-state index contributed by atoms with van der Waals surface area (Å²) in [5, 5.41) is 6.17. The summed E-state index contributed by atoms with van der Waals surface area (Å²) >= 11 is 0. The molecule has 134 valence electrons. The molecule has 5 heteroatoms. The molecule has 0 unspecified atom stereocenters. The maximum atomic E-state index is 12.1. The van der Waals surface area contributed by atoms with E-state index < -0.39 is 0 Å². The van der Waals surface area contributed by atoms with Crippen LogP contribution in [0.15, 0.2) is 53.5 Å². The molecule has 2 aromatic carbocycles. The lowest BCUT2D eigenvalue weighted by Crippen LogP contribution is -2.42. The van der Waals surface area contributed by atoms with Gasteiger partial charge in [0.15, 0.2) is 0 Å². The summed E-state index contributed by atoms with van der Waals surface area (Å²) in [5.74, 6) is 0.956. The molecule has 4 rings (SSSR count). The number of hydrogen-bond donors (Lipinski definition) is 2. The van der Waals surface area contributed by atoms with Gasteiger partial charge >= 0.3 is 0 Å². The van der Waals surface area contributed by atoms with Gasteiger partial charge in [0, 0.05) is 6.54 Å². The Morgan fingerprint density at radius 3 is 2.65 bits per heavy atom. The topological polar surface area (TPSA) is 67.0 Å². The fourth-order valence-electron chi connectivity index (χ4n) is 3.87. The molecule has 26 heavy (non-hydrogen) atoms. The normalized spacial score (nSPS) is 16.0. The Kier molecular flexibility index (Phi) is 4.47. The van der Waals surface area contributed by atoms with E-state index in [1.807, 2.05) is 0 Å². The number of aromatic amines is 1. The Morgan fingerprint density at radius 2 is 1.92 bits per heavy atom. The molecule has 1 fully saturated rings. The average Bonchev–Trinajstić information content (AvgIpc) is 3.16. The standard InChI is InChI=1S/C21H23N3O2/c1-26-18-14-22-20(24-19(18)25)21(10-4-5-11-21)23-13-15-8-9-16-6-2-3-7-17(16)12-15/h2-3,6-9,12,14,23H,4-5,10-11,13H2,1H3,(H,22,24,25). The van der Waals surface area contributed by atoms with Crippen LogP contribution in [0.2, 0.25) is 0 Å². The minimum atomic E-state index is -0.281. The van der Waals surface area contributed by atoms with Gasteiger partial charge in [-0.05, 0) is 35.2 Å². The second-order valence-electron chi connectivity index (χ2n) is 6.95. The number of benzene rings is 2. The highest BCUT2D eigenvalue weighted by atomic mass is 16.5. The van der Waals surface area contributed by atoms with Gasteiger partial charge in [-0.3, -0.25) is 4.79 Å². The second kappa shape index (κ2) is 6.92. The summed E-state index contributed by atoms with van der Waals surface area (Å²) in [6, 6.07) is 14.9. The Hall–Kier alpha value is -2.66. The van der Waals surface area contributed by atoms with Gasteiger partial charge in [0.2, 0.25) is 5.75 Å². The van der Waals surface area contributed by atoms with Crippen molar-refractivity contribution in [2.24, 2.45) is 0 Å². The first kappa shape index (κ1) is 16.8. The van der Waals surface area contributed by atoms with E-state index >= 15 is 0 Å². The molecule has 3 aromatic rings. The van der Waals surface area contributed by atoms with Crippen LogP contribution in [0.25, 0.3) is 10.8 Å². The quantitative estimate of drug-likeness (QED) is 0.740. The minimum absolute atomic E-state index is 0.226. The van der Waals surface area contributed by atoms with Crippen LogP contribution in [0.3, 0.4) is 0 Å². The van der Waals surface area contributed by atoms with E-state index in [1.54, 1.807) is 0 Å². The maximum Gasteiger partial charge on any atom is 0.293 e. The van der Waals surface area contributed by atoms with Crippen molar-refractivity contribution in [3.05, 3.63) is 70.4 Å². The summed E-state index contributed by atoms with van der Waals surface area (Å²) in [5.41, 5.74) is 0.721. The van der Waals surface area contributed by atoms with Crippen molar-refractivity contribution < 1.29 is 4.74 Å². The number of nitrogens with one attached hydrogen (secondary N) is 2. The van der Waals surface area contributed by atoms with E-state index in [0.29, 0.717) is 5.82 Å². The second-order valence-corrected chi connectivity index (χ2v) is 6.95. The van der Waals surface area contributed by atoms with Crippen LogP contribution in [0.1, 0.15) is 37.1 Å². The molecule has 0 saturated heterocycles. The van der Waals surface area contributed by atoms with Crippen molar-refractivity contribution in [1.29, 1.82) is 0 Å². The third-order valence-electron chi connectivity index (χ3n) is 5.34. The molecular weight excluding hydrogens is 326 g/mol. The van der Waals surface area contributed by atoms with Crippen molar-refractivity contribution in [3.8, 4) is 5.75 Å². The molecule has 0 aliphatic heterocycles. The van der Waals surface area contributed by atoms with E-state index in [9.17, 15) is 4.79 Å². The van der Waals surface area contributed by atoms with Crippen molar-refractivity contribution in [2.75, 3.05) is 7.11 Å². The van der Waals surface area contributed by atoms with Crippen LogP contribution < -0.4 is 15.6 Å². The van der Waals surface area contributed by atoms with Crippen LogP contribution in [-0.2, 0) is 12.1 Å². The van der Waals surface area contributed by atoms with Crippen molar-refractivity contribution in [2.45, 2.75) is 37.8 Å². The fourth-order valence-corrected chi connectivity index (χ4v) is 3.87. The summed E-state index contributed by atoms with van der Waals surface area (Å²) < 4.78 is 5.04. The van der Waals surface area contributed by atoms with Crippen molar-refractivity contribution >= 4 is 10.8 Å². The zero-order chi connectivity index (χ0) is 18.0. The Morgan fingerprint density at radius 1 is 1.15 bits per heavy atom. The Bertz CT molecular complexity index is 974. The van der Waals surface area contributed by atoms with E-state index in [0.717, 1.165) is 32.2 Å². The number of H-pyrrole nitrogens is 1. The number of ether oxygens (including phenoxy) is 1. The van der Waals surface area contributed by atoms with E-state index in [1.165, 1.54) is 29.6 Å². The predicted octanol–water partition coefficient (Wildman–Crippen LogP) is 3.49. The lowest BCUT2D eigenvalue weighted by molar-refractivity contribution is 0.315. The molecular formula is C21H23N3O2. The SMILES string of the molecule is COc1cnc(C2(NCc3ccc4ccccc4c3)CCCC2)[nH]c1=O. The van der Waals surface area contributed by atoms with Gasteiger partial charge in [0.05, 0.1) is 18.8 Å². The van der Waals surface area contributed by atoms with Crippen LogP contribution in [0, 0.1) is 0 Å². The highest BCUT2D eigenvalue weighted by Gasteiger charge is 2.37. The third-order valence-corrected chi connectivity index (χ3v) is 5.34. The molecule has 1 saturated carbocycles. The van der Waals surface area contributed by atoms with Gasteiger partial charge in [0.25, 0.3) is 5.56 Å². The van der Waals surface area contributed by atoms with E-state index in [2.05, 4.69) is 57.7 Å². The molecule has 1 aliphatic carbocycles. The number of methoxy groups -OCH3 is 1. The summed E-state index contributed by atoms with van der Waals surface area (Å²) in [6.45, 7) is 0.737. The molecule has 2 N–H and O–H groups in total. The Balaban J connectivity index is 1.60. The highest BCUT2D eigenvalue weighted by molar-refractivity contribution is 5.82. The van der Waals surface area contributed by atoms with Gasteiger partial charge in [-0.2, -0.15) is 0 Å². The number of nitrogens with zero attached hydrogens (tertiary/aromatic N) is 1. The van der Waals surface area contributed by atoms with Gasteiger partial charge in [-0.1, -0.05) is 49.2 Å². The number of aromatic nitrogens is 2. The summed E-state index contributed by atoms with van der Waals surface area (Å²) in [4.78, 5) is 19.5. The minimum Gasteiger partial charge on any atom is -0.490 e. The maximum absolute atomic E-state index is 12.1. The van der Waals surface area contributed by atoms with Crippen molar-refractivity contribution in [3.63, 3.8) is 0 Å². The first-order chi connectivity index (χ1) is 12.7. The molecule has 1 aromatic heterocycles. The molecule has 0 atom stereocenters. The van der Waals surface area contributed by atoms with E-state index in [-0.39, 0.29) is 16.8 Å². The highest BCUT2D eigenvalue weighted by Crippen LogP contribution is 2.37. The monoisotopic (exact) mass is 349 g/mol. The summed E-state index contributed by atoms with van der Waals surface area (Å²) in [7, 11) is 1.48. The molecule has 1 aliphatic rings. The zero-order valence-electron chi connectivity index (χ0n) is 14.9. The predicted molar refractivity (Wildman–Crippen MR) is 102 cm³/mol. The first-order valence-corrected chi connectivity index (χ1v) is 9.07. The molecule has 1 heterocycles. The summed E-state index contributed by atoms with van der Waals surface area (Å²) in [6.07, 6.45) is 5.71. The van der Waals surface area contributed by atoms with Gasteiger partial charge in [-0.15, -0.1) is 0 Å². The Labute approximate surface area is 152 Å². The number of rotatable bonds is 5. The van der Waals surface area contributed by atoms with Gasteiger partial charge in [0.1, 0.15) is 5.82 Å². The first-order valence-electron chi connectivity index (χ1n) is 9.07.